The summed E-state index contributed by atoms with van der Waals surface area (Å²) in [5, 5.41) is 11.8. The van der Waals surface area contributed by atoms with Gasteiger partial charge in [-0.2, -0.15) is 5.26 Å². The molecule has 0 fully saturated rings. The molecule has 3 aromatic heterocycles. The summed E-state index contributed by atoms with van der Waals surface area (Å²) in [5.41, 5.74) is 13.0. The predicted molar refractivity (Wildman–Crippen MR) is 251 cm³/mol. The zero-order chi connectivity index (χ0) is 42.8. The summed E-state index contributed by atoms with van der Waals surface area (Å²) in [5.74, 6) is 2.26. The second-order valence-corrected chi connectivity index (χ2v) is 19.3. The highest BCUT2D eigenvalue weighted by Gasteiger charge is 2.33. The van der Waals surface area contributed by atoms with Crippen LogP contribution in [0.3, 0.4) is 0 Å². The summed E-state index contributed by atoms with van der Waals surface area (Å²) in [6, 6.07) is 44.9. The number of fused-ring (bicyclic) bond motifs is 4. The van der Waals surface area contributed by atoms with Crippen LogP contribution in [-0.4, -0.2) is 21.2 Å². The Morgan fingerprint density at radius 1 is 0.574 bits per heavy atom. The van der Waals surface area contributed by atoms with Gasteiger partial charge in [0.2, 0.25) is 0 Å². The van der Waals surface area contributed by atoms with Crippen molar-refractivity contribution in [1.29, 1.82) is 5.26 Å². The third kappa shape index (κ3) is 7.37. The lowest BCUT2D eigenvalue weighted by Gasteiger charge is -2.30. The number of ether oxygens (including phenoxy) is 1. The van der Waals surface area contributed by atoms with Crippen molar-refractivity contribution in [2.24, 2.45) is 0 Å². The molecule has 0 unspecified atom stereocenters. The molecule has 5 aromatic carbocycles. The smallest absolute Gasteiger partial charge is 0.137 e. The molecule has 0 spiro atoms. The molecule has 7 heteroatoms. The van der Waals surface area contributed by atoms with Crippen LogP contribution in [-0.2, 0) is 16.2 Å². The van der Waals surface area contributed by atoms with E-state index in [4.69, 9.17) is 9.72 Å². The van der Waals surface area contributed by atoms with Crippen molar-refractivity contribution in [2.45, 2.75) is 78.6 Å². The minimum atomic E-state index is -0.0526. The topological polar surface area (TPSA) is 70.2 Å². The van der Waals surface area contributed by atoms with Crippen molar-refractivity contribution in [3.8, 4) is 34.5 Å². The van der Waals surface area contributed by atoms with E-state index in [0.29, 0.717) is 18.0 Å². The maximum Gasteiger partial charge on any atom is 0.137 e. The first-order chi connectivity index (χ1) is 29.1. The fraction of sp³-hybridized carbons (Fsp3) is 0.241. The Kier molecular flexibility index (Phi) is 9.51. The minimum Gasteiger partial charge on any atom is -0.457 e. The molecule has 0 N–H and O–H groups in total. The molecular weight excluding hydrogens is 749 g/mol. The van der Waals surface area contributed by atoms with E-state index in [1.54, 1.807) is 0 Å². The number of rotatable bonds is 6. The van der Waals surface area contributed by atoms with Crippen molar-refractivity contribution in [2.75, 3.05) is 16.5 Å². The van der Waals surface area contributed by atoms with Gasteiger partial charge in [0.15, 0.2) is 0 Å². The van der Waals surface area contributed by atoms with E-state index in [1.165, 1.54) is 22.4 Å². The van der Waals surface area contributed by atoms with Crippen molar-refractivity contribution in [1.82, 2.24) is 14.5 Å². The van der Waals surface area contributed by atoms with Gasteiger partial charge in [0.05, 0.1) is 34.0 Å². The van der Waals surface area contributed by atoms with Gasteiger partial charge in [-0.3, -0.25) is 9.55 Å². The average Bonchev–Trinajstić information content (AvgIpc) is 3.79. The van der Waals surface area contributed by atoms with Gasteiger partial charge in [0, 0.05) is 58.4 Å². The van der Waals surface area contributed by atoms with Gasteiger partial charge in [0.25, 0.3) is 0 Å². The van der Waals surface area contributed by atoms with Gasteiger partial charge in [0.1, 0.15) is 24.0 Å². The van der Waals surface area contributed by atoms with Crippen molar-refractivity contribution >= 4 is 44.6 Å². The second kappa shape index (κ2) is 14.7. The van der Waals surface area contributed by atoms with Gasteiger partial charge in [-0.25, -0.2) is 4.98 Å². The highest BCUT2D eigenvalue weighted by molar-refractivity contribution is 6.10. The molecule has 61 heavy (non-hydrogen) atoms. The molecule has 0 saturated heterocycles. The third-order valence-corrected chi connectivity index (χ3v) is 11.9. The van der Waals surface area contributed by atoms with Crippen LogP contribution in [0.15, 0.2) is 140 Å². The van der Waals surface area contributed by atoms with Crippen LogP contribution in [0, 0.1) is 11.3 Å². The van der Waals surface area contributed by atoms with Gasteiger partial charge in [-0.15, -0.1) is 0 Å². The van der Waals surface area contributed by atoms with E-state index in [9.17, 15) is 5.26 Å². The summed E-state index contributed by atoms with van der Waals surface area (Å²) in [7, 11) is 0. The van der Waals surface area contributed by atoms with E-state index < -0.39 is 0 Å². The Morgan fingerprint density at radius 3 is 1.98 bits per heavy atom. The molecule has 8 aromatic rings. The lowest BCUT2D eigenvalue weighted by Crippen LogP contribution is -2.25. The SMILES string of the molecule is CC(C)(C)c1cc(N2CN(c3cccc(Oc4ccc5c6cc(C#N)ccc6n(-c6cc(C(C)(C)C)ccn6)c5c4)c3)c3cccc(-c4ccncc4)c32)cc(C(C)(C)C)c1. The number of anilines is 4. The van der Waals surface area contributed by atoms with Gasteiger partial charge < -0.3 is 14.5 Å². The molecule has 1 aliphatic heterocycles. The number of para-hydroxylation sites is 1. The first kappa shape index (κ1) is 39.5. The summed E-state index contributed by atoms with van der Waals surface area (Å²) in [6.45, 7) is 21.0. The Balaban J connectivity index is 1.14. The highest BCUT2D eigenvalue weighted by atomic mass is 16.5. The van der Waals surface area contributed by atoms with Crippen LogP contribution in [0.1, 0.15) is 84.6 Å². The van der Waals surface area contributed by atoms with Crippen LogP contribution in [0.5, 0.6) is 11.5 Å². The molecule has 1 aliphatic rings. The van der Waals surface area contributed by atoms with Gasteiger partial charge >= 0.3 is 0 Å². The Labute approximate surface area is 359 Å². The quantitative estimate of drug-likeness (QED) is 0.167. The zero-order valence-corrected chi connectivity index (χ0v) is 36.6. The molecule has 0 radical (unpaired) electrons. The fourth-order valence-electron chi connectivity index (χ4n) is 8.39. The molecule has 4 heterocycles. The van der Waals surface area contributed by atoms with Gasteiger partial charge in [-0.1, -0.05) is 86.6 Å². The monoisotopic (exact) mass is 800 g/mol. The normalized spacial score (nSPS) is 13.2. The van der Waals surface area contributed by atoms with Gasteiger partial charge in [-0.05, 0) is 123 Å². The lowest BCUT2D eigenvalue weighted by molar-refractivity contribution is 0.483. The molecule has 9 rings (SSSR count). The standard InChI is InChI=1S/C54H52N6O/c1-52(2,3)37-22-25-57-50(30-37)60-47-19-16-35(33-55)26-46(47)45-18-17-43(32-49(45)60)61-42-13-10-12-40(31-42)58-34-59(41-28-38(53(4,5)6)27-39(29-41)54(7,8)9)51-44(14-11-15-48(51)58)36-20-23-56-24-21-36/h10-32H,34H2,1-9H3. The van der Waals surface area contributed by atoms with Crippen molar-refractivity contribution < 1.29 is 4.74 Å². The molecule has 0 atom stereocenters. The number of benzene rings is 5. The van der Waals surface area contributed by atoms with E-state index in [0.717, 1.165) is 61.6 Å². The maximum atomic E-state index is 9.80. The number of aromatic nitrogens is 3. The van der Waals surface area contributed by atoms with Crippen LogP contribution in [0.25, 0.3) is 38.8 Å². The summed E-state index contributed by atoms with van der Waals surface area (Å²) in [4.78, 5) is 14.0. The first-order valence-electron chi connectivity index (χ1n) is 21.0. The predicted octanol–water partition coefficient (Wildman–Crippen LogP) is 14.0. The Morgan fingerprint density at radius 2 is 1.28 bits per heavy atom. The number of nitriles is 1. The number of nitrogens with zero attached hydrogens (tertiary/aromatic N) is 6. The van der Waals surface area contributed by atoms with E-state index in [2.05, 4.69) is 179 Å². The largest absolute Gasteiger partial charge is 0.457 e. The molecule has 0 amide bonds. The molecular formula is C54H52N6O. The van der Waals surface area contributed by atoms with E-state index in [1.807, 2.05) is 48.9 Å². The number of hydrogen-bond donors (Lipinski definition) is 0. The number of hydrogen-bond acceptors (Lipinski definition) is 6. The maximum absolute atomic E-state index is 9.80. The third-order valence-electron chi connectivity index (χ3n) is 11.9. The molecule has 0 aliphatic carbocycles. The number of pyridine rings is 2. The molecule has 304 valence electrons. The van der Waals surface area contributed by atoms with Crippen LogP contribution >= 0.6 is 0 Å². The molecule has 7 nitrogen and oxygen atoms in total. The van der Waals surface area contributed by atoms with Crippen molar-refractivity contribution in [3.05, 3.63) is 162 Å². The minimum absolute atomic E-state index is 0.0293. The van der Waals surface area contributed by atoms with E-state index in [-0.39, 0.29) is 16.2 Å². The Bertz CT molecular complexity index is 2980. The Hall–Kier alpha value is -6.91. The van der Waals surface area contributed by atoms with Crippen LogP contribution in [0.2, 0.25) is 0 Å². The highest BCUT2D eigenvalue weighted by Crippen LogP contribution is 2.51. The summed E-state index contributed by atoms with van der Waals surface area (Å²) >= 11 is 0. The molecule has 0 saturated carbocycles. The van der Waals surface area contributed by atoms with Crippen molar-refractivity contribution in [3.63, 3.8) is 0 Å². The first-order valence-corrected chi connectivity index (χ1v) is 21.0. The van der Waals surface area contributed by atoms with Crippen LogP contribution < -0.4 is 14.5 Å². The van der Waals surface area contributed by atoms with E-state index >= 15 is 0 Å². The zero-order valence-electron chi connectivity index (χ0n) is 36.6. The second-order valence-electron chi connectivity index (χ2n) is 19.3. The average molecular weight is 801 g/mol. The molecule has 0 bridgehead atoms. The lowest BCUT2D eigenvalue weighted by atomic mass is 9.80. The fourth-order valence-corrected chi connectivity index (χ4v) is 8.39. The summed E-state index contributed by atoms with van der Waals surface area (Å²) in [6.07, 6.45) is 5.61. The van der Waals surface area contributed by atoms with Crippen LogP contribution in [0.4, 0.5) is 22.7 Å². The summed E-state index contributed by atoms with van der Waals surface area (Å²) < 4.78 is 8.94.